The number of carbonyl (C=O) groups excluding carboxylic acids is 1. The molecule has 1 amide bonds. The van der Waals surface area contributed by atoms with E-state index in [0.717, 1.165) is 0 Å². The third kappa shape index (κ3) is 3.51. The molecule has 0 spiro atoms. The van der Waals surface area contributed by atoms with Crippen LogP contribution in [0.3, 0.4) is 0 Å². The number of nitro benzene ring substituents is 1. The smallest absolute Gasteiger partial charge is 0.271 e. The summed E-state index contributed by atoms with van der Waals surface area (Å²) in [6, 6.07) is 3.89. The lowest BCUT2D eigenvalue weighted by molar-refractivity contribution is -0.384. The summed E-state index contributed by atoms with van der Waals surface area (Å²) in [5, 5.41) is 13.3. The predicted octanol–water partition coefficient (Wildman–Crippen LogP) is 2.28. The van der Waals surface area contributed by atoms with Gasteiger partial charge in [0, 0.05) is 22.6 Å². The molecule has 0 aliphatic rings. The molecule has 0 heterocycles. The molecule has 0 saturated carbocycles. The van der Waals surface area contributed by atoms with Crippen molar-refractivity contribution in [3.63, 3.8) is 0 Å². The Morgan fingerprint density at radius 2 is 2.11 bits per heavy atom. The quantitative estimate of drug-likeness (QED) is 0.657. The van der Waals surface area contributed by atoms with Crippen LogP contribution in [0.25, 0.3) is 0 Å². The van der Waals surface area contributed by atoms with Gasteiger partial charge in [-0.2, -0.15) is 0 Å². The summed E-state index contributed by atoms with van der Waals surface area (Å²) in [5.74, 6) is -0.651. The van der Waals surface area contributed by atoms with E-state index in [1.165, 1.54) is 18.2 Å². The van der Waals surface area contributed by atoms with E-state index in [1.54, 1.807) is 13.8 Å². The van der Waals surface area contributed by atoms with Gasteiger partial charge in [0.25, 0.3) is 5.69 Å². The van der Waals surface area contributed by atoms with E-state index in [0.29, 0.717) is 10.2 Å². The first kappa shape index (κ1) is 14.6. The van der Waals surface area contributed by atoms with Crippen molar-refractivity contribution in [1.29, 1.82) is 0 Å². The number of anilines is 1. The summed E-state index contributed by atoms with van der Waals surface area (Å²) in [7, 11) is 0. The summed E-state index contributed by atoms with van der Waals surface area (Å²) >= 11 is 3.23. The maximum Gasteiger partial charge on any atom is 0.271 e. The number of amides is 1. The first-order valence-electron chi connectivity index (χ1n) is 5.33. The molecule has 3 N–H and O–H groups in total. The van der Waals surface area contributed by atoms with Gasteiger partial charge in [0.15, 0.2) is 0 Å². The summed E-state index contributed by atoms with van der Waals surface area (Å²) in [6.45, 7) is 3.43. The lowest BCUT2D eigenvalue weighted by Gasteiger charge is -2.15. The van der Waals surface area contributed by atoms with Crippen LogP contribution in [0.1, 0.15) is 13.8 Å². The number of carbonyl (C=O) groups is 1. The topological polar surface area (TPSA) is 98.3 Å². The molecular weight excluding hydrogens is 302 g/mol. The van der Waals surface area contributed by atoms with Crippen molar-refractivity contribution in [2.75, 3.05) is 5.32 Å². The maximum absolute atomic E-state index is 11.8. The fourth-order valence-corrected chi connectivity index (χ4v) is 1.55. The first-order valence-corrected chi connectivity index (χ1v) is 6.12. The van der Waals surface area contributed by atoms with Crippen molar-refractivity contribution in [2.45, 2.75) is 19.9 Å². The molecule has 0 aliphatic heterocycles. The zero-order valence-corrected chi connectivity index (χ0v) is 11.6. The zero-order valence-electron chi connectivity index (χ0n) is 10.0. The van der Waals surface area contributed by atoms with Crippen LogP contribution in [0.4, 0.5) is 11.4 Å². The molecule has 1 aromatic carbocycles. The number of non-ortho nitro benzene ring substituents is 1. The third-order valence-corrected chi connectivity index (χ3v) is 3.31. The van der Waals surface area contributed by atoms with Crippen LogP contribution < -0.4 is 11.1 Å². The Morgan fingerprint density at radius 1 is 1.50 bits per heavy atom. The minimum absolute atomic E-state index is 0.0815. The van der Waals surface area contributed by atoms with Crippen molar-refractivity contribution < 1.29 is 9.72 Å². The Labute approximate surface area is 113 Å². The molecule has 0 saturated heterocycles. The fraction of sp³-hybridized carbons (Fsp3) is 0.364. The van der Waals surface area contributed by atoms with E-state index in [9.17, 15) is 14.9 Å². The Morgan fingerprint density at radius 3 is 2.61 bits per heavy atom. The molecule has 0 aromatic heterocycles. The van der Waals surface area contributed by atoms with Gasteiger partial charge in [0.05, 0.1) is 16.5 Å². The second kappa shape index (κ2) is 5.92. The molecule has 6 nitrogen and oxygen atoms in total. The SMILES string of the molecule is CC(N)C(C)C(=O)Nc1cc([N+](=O)[O-])ccc1Br. The number of nitrogens with one attached hydrogen (secondary N) is 1. The highest BCUT2D eigenvalue weighted by Gasteiger charge is 2.19. The Kier molecular flexibility index (Phi) is 4.80. The minimum Gasteiger partial charge on any atom is -0.327 e. The standard InChI is InChI=1S/C11H14BrN3O3/c1-6(7(2)13)11(16)14-10-5-8(15(17)18)3-4-9(10)12/h3-7H,13H2,1-2H3,(H,14,16). The summed E-state index contributed by atoms with van der Waals surface area (Å²) in [6.07, 6.45) is 0. The molecule has 18 heavy (non-hydrogen) atoms. The van der Waals surface area contributed by atoms with Crippen LogP contribution in [-0.4, -0.2) is 16.9 Å². The molecule has 0 radical (unpaired) electrons. The molecule has 0 fully saturated rings. The van der Waals surface area contributed by atoms with Crippen molar-refractivity contribution in [3.05, 3.63) is 32.8 Å². The number of hydrogen-bond donors (Lipinski definition) is 2. The number of halogens is 1. The lowest BCUT2D eigenvalue weighted by Crippen LogP contribution is -2.34. The van der Waals surface area contributed by atoms with Crippen molar-refractivity contribution in [1.82, 2.24) is 0 Å². The molecule has 1 aromatic rings. The predicted molar refractivity (Wildman–Crippen MR) is 72.2 cm³/mol. The second-order valence-corrected chi connectivity index (χ2v) is 4.91. The Balaban J connectivity index is 2.93. The zero-order chi connectivity index (χ0) is 13.9. The molecule has 0 bridgehead atoms. The molecule has 98 valence electrons. The highest BCUT2D eigenvalue weighted by atomic mass is 79.9. The third-order valence-electron chi connectivity index (χ3n) is 2.62. The van der Waals surface area contributed by atoms with Gasteiger partial charge in [-0.1, -0.05) is 6.92 Å². The molecule has 2 atom stereocenters. The lowest BCUT2D eigenvalue weighted by atomic mass is 10.0. The van der Waals surface area contributed by atoms with Gasteiger partial charge < -0.3 is 11.1 Å². The summed E-state index contributed by atoms with van der Waals surface area (Å²) in [4.78, 5) is 21.9. The number of benzene rings is 1. The van der Waals surface area contributed by atoms with Gasteiger partial charge in [0.1, 0.15) is 0 Å². The highest BCUT2D eigenvalue weighted by molar-refractivity contribution is 9.10. The average Bonchev–Trinajstić information content (AvgIpc) is 2.30. The van der Waals surface area contributed by atoms with Crippen LogP contribution in [0.15, 0.2) is 22.7 Å². The van der Waals surface area contributed by atoms with E-state index in [-0.39, 0.29) is 23.6 Å². The van der Waals surface area contributed by atoms with Crippen molar-refractivity contribution in [2.24, 2.45) is 11.7 Å². The van der Waals surface area contributed by atoms with Crippen LogP contribution in [0.5, 0.6) is 0 Å². The van der Waals surface area contributed by atoms with Crippen LogP contribution in [-0.2, 0) is 4.79 Å². The van der Waals surface area contributed by atoms with Crippen molar-refractivity contribution in [3.8, 4) is 0 Å². The van der Waals surface area contributed by atoms with Gasteiger partial charge >= 0.3 is 0 Å². The Bertz CT molecular complexity index is 477. The molecule has 1 rings (SSSR count). The van der Waals surface area contributed by atoms with E-state index in [2.05, 4.69) is 21.2 Å². The number of nitrogens with two attached hydrogens (primary N) is 1. The van der Waals surface area contributed by atoms with Gasteiger partial charge in [-0.25, -0.2) is 0 Å². The normalized spacial score (nSPS) is 13.8. The van der Waals surface area contributed by atoms with Gasteiger partial charge in [0.2, 0.25) is 5.91 Å². The first-order chi connectivity index (χ1) is 8.32. The fourth-order valence-electron chi connectivity index (χ4n) is 1.21. The van der Waals surface area contributed by atoms with E-state index in [4.69, 9.17) is 5.73 Å². The average molecular weight is 316 g/mol. The van der Waals surface area contributed by atoms with Crippen LogP contribution in [0, 0.1) is 16.0 Å². The molecular formula is C11H14BrN3O3. The van der Waals surface area contributed by atoms with E-state index >= 15 is 0 Å². The van der Waals surface area contributed by atoms with Gasteiger partial charge in [-0.05, 0) is 28.9 Å². The summed E-state index contributed by atoms with van der Waals surface area (Å²) < 4.78 is 0.582. The minimum atomic E-state index is -0.517. The molecule has 2 unspecified atom stereocenters. The largest absolute Gasteiger partial charge is 0.327 e. The second-order valence-electron chi connectivity index (χ2n) is 4.06. The molecule has 0 aliphatic carbocycles. The van der Waals surface area contributed by atoms with Gasteiger partial charge in [-0.15, -0.1) is 0 Å². The maximum atomic E-state index is 11.8. The van der Waals surface area contributed by atoms with Gasteiger partial charge in [-0.3, -0.25) is 14.9 Å². The highest BCUT2D eigenvalue weighted by Crippen LogP contribution is 2.27. The number of hydrogen-bond acceptors (Lipinski definition) is 4. The van der Waals surface area contributed by atoms with Crippen LogP contribution >= 0.6 is 15.9 Å². The Hall–Kier alpha value is -1.47. The number of nitro groups is 1. The molecule has 7 heteroatoms. The monoisotopic (exact) mass is 315 g/mol. The number of nitrogens with zero attached hydrogens (tertiary/aromatic N) is 1. The van der Waals surface area contributed by atoms with Crippen molar-refractivity contribution >= 4 is 33.2 Å². The van der Waals surface area contributed by atoms with E-state index in [1.807, 2.05) is 0 Å². The van der Waals surface area contributed by atoms with E-state index < -0.39 is 4.92 Å². The van der Waals surface area contributed by atoms with Crippen LogP contribution in [0.2, 0.25) is 0 Å². The number of rotatable bonds is 4. The summed E-state index contributed by atoms with van der Waals surface area (Å²) in [5.41, 5.74) is 5.91.